The van der Waals surface area contributed by atoms with Crippen LogP contribution in [0.25, 0.3) is 11.3 Å². The number of esters is 2. The van der Waals surface area contributed by atoms with Crippen LogP contribution in [0.5, 0.6) is 0 Å². The Balaban J connectivity index is 1.69. The van der Waals surface area contributed by atoms with Crippen molar-refractivity contribution in [2.45, 2.75) is 13.5 Å². The van der Waals surface area contributed by atoms with Crippen LogP contribution >= 0.6 is 11.6 Å². The highest BCUT2D eigenvalue weighted by Gasteiger charge is 2.15. The standard InChI is InChI=1S/C22H17ClO6/c1-2-27-21(25)15-5-3-14(4-6-15)13-28-22(26)18-11-16(7-9-19(18)23)20-10-8-17(12-24)29-20/h3-12H,2,13H2,1H3. The average molecular weight is 413 g/mol. The van der Waals surface area contributed by atoms with E-state index in [4.69, 9.17) is 25.5 Å². The van der Waals surface area contributed by atoms with Crippen molar-refractivity contribution in [3.05, 3.63) is 82.1 Å². The average Bonchev–Trinajstić information content (AvgIpc) is 3.22. The lowest BCUT2D eigenvalue weighted by Crippen LogP contribution is -2.07. The van der Waals surface area contributed by atoms with Crippen molar-refractivity contribution in [2.75, 3.05) is 6.61 Å². The molecule has 7 heteroatoms. The van der Waals surface area contributed by atoms with Gasteiger partial charge in [0.2, 0.25) is 0 Å². The predicted molar refractivity (Wildman–Crippen MR) is 106 cm³/mol. The molecule has 1 heterocycles. The van der Waals surface area contributed by atoms with Gasteiger partial charge in [-0.05, 0) is 55.0 Å². The van der Waals surface area contributed by atoms with E-state index in [9.17, 15) is 14.4 Å². The normalized spacial score (nSPS) is 10.4. The lowest BCUT2D eigenvalue weighted by Gasteiger charge is -2.08. The summed E-state index contributed by atoms with van der Waals surface area (Å²) in [6.45, 7) is 2.05. The Morgan fingerprint density at radius 3 is 2.41 bits per heavy atom. The summed E-state index contributed by atoms with van der Waals surface area (Å²) >= 11 is 6.14. The van der Waals surface area contributed by atoms with Gasteiger partial charge in [0.1, 0.15) is 12.4 Å². The smallest absolute Gasteiger partial charge is 0.340 e. The van der Waals surface area contributed by atoms with Gasteiger partial charge in [0.15, 0.2) is 12.0 Å². The van der Waals surface area contributed by atoms with Crippen LogP contribution in [-0.4, -0.2) is 24.8 Å². The van der Waals surface area contributed by atoms with E-state index in [0.29, 0.717) is 35.3 Å². The molecule has 0 saturated carbocycles. The van der Waals surface area contributed by atoms with E-state index in [0.717, 1.165) is 0 Å². The molecule has 0 aliphatic rings. The van der Waals surface area contributed by atoms with Gasteiger partial charge in [-0.3, -0.25) is 4.79 Å². The minimum absolute atomic E-state index is 0.0124. The predicted octanol–water partition coefficient (Wildman–Crippen LogP) is 4.95. The number of carbonyl (C=O) groups excluding carboxylic acids is 3. The zero-order valence-corrected chi connectivity index (χ0v) is 16.3. The van der Waals surface area contributed by atoms with Gasteiger partial charge in [-0.15, -0.1) is 0 Å². The first-order chi connectivity index (χ1) is 14.0. The Morgan fingerprint density at radius 1 is 1.00 bits per heavy atom. The number of hydrogen-bond donors (Lipinski definition) is 0. The minimum Gasteiger partial charge on any atom is -0.462 e. The Morgan fingerprint density at radius 2 is 1.76 bits per heavy atom. The summed E-state index contributed by atoms with van der Waals surface area (Å²) in [6.07, 6.45) is 0.599. The molecular weight excluding hydrogens is 396 g/mol. The van der Waals surface area contributed by atoms with Crippen molar-refractivity contribution < 1.29 is 28.3 Å². The second-order valence-corrected chi connectivity index (χ2v) is 6.42. The molecule has 2 aromatic carbocycles. The van der Waals surface area contributed by atoms with Crippen LogP contribution in [0.4, 0.5) is 0 Å². The Labute approximate surface area is 172 Å². The van der Waals surface area contributed by atoms with Gasteiger partial charge in [0.05, 0.1) is 22.8 Å². The van der Waals surface area contributed by atoms with Crippen molar-refractivity contribution in [3.8, 4) is 11.3 Å². The van der Waals surface area contributed by atoms with Gasteiger partial charge < -0.3 is 13.9 Å². The van der Waals surface area contributed by atoms with E-state index in [2.05, 4.69) is 0 Å². The summed E-state index contributed by atoms with van der Waals surface area (Å²) in [5.41, 5.74) is 1.90. The first kappa shape index (κ1) is 20.4. The van der Waals surface area contributed by atoms with Crippen LogP contribution in [0.2, 0.25) is 5.02 Å². The largest absolute Gasteiger partial charge is 0.462 e. The fourth-order valence-electron chi connectivity index (χ4n) is 2.58. The molecule has 0 saturated heterocycles. The molecule has 3 aromatic rings. The second-order valence-electron chi connectivity index (χ2n) is 6.01. The fourth-order valence-corrected chi connectivity index (χ4v) is 2.78. The first-order valence-corrected chi connectivity index (χ1v) is 9.17. The van der Waals surface area contributed by atoms with Crippen LogP contribution in [0.3, 0.4) is 0 Å². The molecule has 0 aliphatic heterocycles. The van der Waals surface area contributed by atoms with Crippen LogP contribution in [0.15, 0.2) is 59.0 Å². The molecule has 148 valence electrons. The van der Waals surface area contributed by atoms with Gasteiger partial charge in [-0.25, -0.2) is 9.59 Å². The molecular formula is C22H17ClO6. The highest BCUT2D eigenvalue weighted by atomic mass is 35.5. The molecule has 0 spiro atoms. The molecule has 3 rings (SSSR count). The molecule has 0 amide bonds. The molecule has 29 heavy (non-hydrogen) atoms. The van der Waals surface area contributed by atoms with Gasteiger partial charge in [0, 0.05) is 5.56 Å². The van der Waals surface area contributed by atoms with Crippen molar-refractivity contribution in [3.63, 3.8) is 0 Å². The third-order valence-electron chi connectivity index (χ3n) is 4.05. The van der Waals surface area contributed by atoms with Crippen molar-refractivity contribution >= 4 is 29.8 Å². The van der Waals surface area contributed by atoms with E-state index in [1.165, 1.54) is 6.07 Å². The number of benzene rings is 2. The van der Waals surface area contributed by atoms with Crippen molar-refractivity contribution in [1.29, 1.82) is 0 Å². The summed E-state index contributed by atoms with van der Waals surface area (Å²) in [5.74, 6) is -0.387. The molecule has 0 aliphatic carbocycles. The van der Waals surface area contributed by atoms with Crippen molar-refractivity contribution in [2.24, 2.45) is 0 Å². The number of carbonyl (C=O) groups is 3. The molecule has 0 atom stereocenters. The number of halogens is 1. The summed E-state index contributed by atoms with van der Waals surface area (Å²) in [5, 5.41) is 0.235. The molecule has 0 fully saturated rings. The third kappa shape index (κ3) is 4.92. The SMILES string of the molecule is CCOC(=O)c1ccc(COC(=O)c2cc(-c3ccc(C=O)o3)ccc2Cl)cc1. The molecule has 6 nitrogen and oxygen atoms in total. The lowest BCUT2D eigenvalue weighted by atomic mass is 10.1. The second kappa shape index (κ2) is 9.21. The van der Waals surface area contributed by atoms with Crippen LogP contribution in [0, 0.1) is 0 Å². The molecule has 1 aromatic heterocycles. The van der Waals surface area contributed by atoms with Crippen LogP contribution in [0.1, 0.15) is 43.8 Å². The Kier molecular flexibility index (Phi) is 6.46. The maximum Gasteiger partial charge on any atom is 0.340 e. The Hall–Kier alpha value is -3.38. The third-order valence-corrected chi connectivity index (χ3v) is 4.38. The van der Waals surface area contributed by atoms with Gasteiger partial charge in [-0.1, -0.05) is 23.7 Å². The fraction of sp³-hybridized carbons (Fsp3) is 0.136. The molecule has 0 unspecified atom stereocenters. The zero-order chi connectivity index (χ0) is 20.8. The highest BCUT2D eigenvalue weighted by molar-refractivity contribution is 6.33. The highest BCUT2D eigenvalue weighted by Crippen LogP contribution is 2.27. The minimum atomic E-state index is -0.603. The van der Waals surface area contributed by atoms with E-state index >= 15 is 0 Å². The number of furan rings is 1. The molecule has 0 N–H and O–H groups in total. The monoisotopic (exact) mass is 412 g/mol. The van der Waals surface area contributed by atoms with Crippen molar-refractivity contribution in [1.82, 2.24) is 0 Å². The number of hydrogen-bond acceptors (Lipinski definition) is 6. The maximum atomic E-state index is 12.5. The lowest BCUT2D eigenvalue weighted by molar-refractivity contribution is 0.0469. The van der Waals surface area contributed by atoms with Gasteiger partial charge in [-0.2, -0.15) is 0 Å². The molecule has 0 bridgehead atoms. The van der Waals surface area contributed by atoms with Gasteiger partial charge >= 0.3 is 11.9 Å². The quantitative estimate of drug-likeness (QED) is 0.403. The Bertz CT molecular complexity index is 1040. The summed E-state index contributed by atoms with van der Waals surface area (Å²) in [6, 6.07) is 14.5. The van der Waals surface area contributed by atoms with Crippen LogP contribution in [-0.2, 0) is 16.1 Å². The first-order valence-electron chi connectivity index (χ1n) is 8.80. The van der Waals surface area contributed by atoms with E-state index in [1.54, 1.807) is 55.5 Å². The molecule has 0 radical (unpaired) electrons. The van der Waals surface area contributed by atoms with E-state index in [1.807, 2.05) is 0 Å². The summed E-state index contributed by atoms with van der Waals surface area (Å²) < 4.78 is 15.6. The van der Waals surface area contributed by atoms with Crippen LogP contribution < -0.4 is 0 Å². The van der Waals surface area contributed by atoms with Gasteiger partial charge in [0.25, 0.3) is 0 Å². The zero-order valence-electron chi connectivity index (χ0n) is 15.5. The van der Waals surface area contributed by atoms with E-state index in [-0.39, 0.29) is 23.0 Å². The topological polar surface area (TPSA) is 82.8 Å². The summed E-state index contributed by atoms with van der Waals surface area (Å²) in [7, 11) is 0. The summed E-state index contributed by atoms with van der Waals surface area (Å²) in [4.78, 5) is 34.9. The maximum absolute atomic E-state index is 12.5. The van der Waals surface area contributed by atoms with E-state index < -0.39 is 11.9 Å². The number of ether oxygens (including phenoxy) is 2. The number of rotatable bonds is 7. The number of aldehydes is 1.